The number of amides is 1. The molecule has 0 unspecified atom stereocenters. The number of esters is 1. The van der Waals surface area contributed by atoms with E-state index < -0.39 is 5.97 Å². The maximum absolute atomic E-state index is 12.5. The Morgan fingerprint density at radius 3 is 2.64 bits per heavy atom. The first-order valence-electron chi connectivity index (χ1n) is 8.56. The Labute approximate surface area is 161 Å². The highest BCUT2D eigenvalue weighted by atomic mass is 16.6. The van der Waals surface area contributed by atoms with Crippen molar-refractivity contribution in [3.8, 4) is 5.75 Å². The second kappa shape index (κ2) is 8.34. The van der Waals surface area contributed by atoms with Crippen molar-refractivity contribution in [2.24, 2.45) is 5.10 Å². The van der Waals surface area contributed by atoms with E-state index in [2.05, 4.69) is 20.2 Å². The molecule has 1 N–H and O–H groups in total. The molecule has 0 aliphatic heterocycles. The van der Waals surface area contributed by atoms with Gasteiger partial charge in [0, 0.05) is 6.20 Å². The van der Waals surface area contributed by atoms with E-state index in [1.54, 1.807) is 35.6 Å². The van der Waals surface area contributed by atoms with E-state index in [1.165, 1.54) is 13.3 Å². The zero-order valence-corrected chi connectivity index (χ0v) is 15.8. The molecular weight excluding hydrogens is 360 g/mol. The standard InChI is InChI=1S/C20H20N4O4/c1-13-4-9-17-22-14(2)19(24(17)11-13)20(26)23-21-10-15-5-7-16(8-6-15)28-12-18(25)27-3/h4-11H,12H2,1-3H3,(H,23,26)/b21-10-. The first-order chi connectivity index (χ1) is 13.5. The van der Waals surface area contributed by atoms with Crippen molar-refractivity contribution in [3.63, 3.8) is 0 Å². The maximum atomic E-state index is 12.5. The summed E-state index contributed by atoms with van der Waals surface area (Å²) in [6, 6.07) is 10.7. The number of fused-ring (bicyclic) bond motifs is 1. The molecule has 8 heteroatoms. The quantitative estimate of drug-likeness (QED) is 0.402. The lowest BCUT2D eigenvalue weighted by Crippen LogP contribution is -2.20. The highest BCUT2D eigenvalue weighted by molar-refractivity contribution is 5.95. The Kier molecular flexibility index (Phi) is 5.69. The Morgan fingerprint density at radius 1 is 1.18 bits per heavy atom. The highest BCUT2D eigenvalue weighted by Gasteiger charge is 2.16. The average molecular weight is 380 g/mol. The van der Waals surface area contributed by atoms with Crippen LogP contribution in [0.3, 0.4) is 0 Å². The summed E-state index contributed by atoms with van der Waals surface area (Å²) in [5.74, 6) is -0.264. The van der Waals surface area contributed by atoms with Crippen molar-refractivity contribution in [1.82, 2.24) is 14.8 Å². The number of carbonyl (C=O) groups is 2. The Morgan fingerprint density at radius 2 is 1.93 bits per heavy atom. The number of ether oxygens (including phenoxy) is 2. The summed E-state index contributed by atoms with van der Waals surface area (Å²) in [6.45, 7) is 3.58. The fraction of sp³-hybridized carbons (Fsp3) is 0.200. The van der Waals surface area contributed by atoms with Gasteiger partial charge in [0.1, 0.15) is 17.1 Å². The summed E-state index contributed by atoms with van der Waals surface area (Å²) >= 11 is 0. The van der Waals surface area contributed by atoms with Crippen molar-refractivity contribution < 1.29 is 19.1 Å². The average Bonchev–Trinajstić information content (AvgIpc) is 3.02. The number of benzene rings is 1. The third-order valence-corrected chi connectivity index (χ3v) is 4.00. The summed E-state index contributed by atoms with van der Waals surface area (Å²) < 4.78 is 11.5. The summed E-state index contributed by atoms with van der Waals surface area (Å²) in [4.78, 5) is 28.0. The Bertz CT molecular complexity index is 1040. The van der Waals surface area contributed by atoms with Crippen LogP contribution in [-0.2, 0) is 9.53 Å². The van der Waals surface area contributed by atoms with Gasteiger partial charge in [-0.05, 0) is 55.3 Å². The number of hydrogen-bond donors (Lipinski definition) is 1. The van der Waals surface area contributed by atoms with Crippen LogP contribution in [0.15, 0.2) is 47.7 Å². The first kappa shape index (κ1) is 19.1. The highest BCUT2D eigenvalue weighted by Crippen LogP contribution is 2.14. The Balaban J connectivity index is 1.65. The van der Waals surface area contributed by atoms with E-state index in [1.807, 2.05) is 25.3 Å². The number of aryl methyl sites for hydroxylation is 2. The maximum Gasteiger partial charge on any atom is 0.343 e. The zero-order chi connectivity index (χ0) is 20.1. The summed E-state index contributed by atoms with van der Waals surface area (Å²) in [6.07, 6.45) is 3.38. The Hall–Kier alpha value is -3.68. The van der Waals surface area contributed by atoms with E-state index in [9.17, 15) is 9.59 Å². The van der Waals surface area contributed by atoms with Crippen LogP contribution in [-0.4, -0.2) is 41.2 Å². The van der Waals surface area contributed by atoms with Crippen molar-refractivity contribution in [1.29, 1.82) is 0 Å². The van der Waals surface area contributed by atoms with Crippen molar-refractivity contribution >= 4 is 23.7 Å². The summed E-state index contributed by atoms with van der Waals surface area (Å²) in [7, 11) is 1.30. The number of rotatable bonds is 6. The lowest BCUT2D eigenvalue weighted by Gasteiger charge is -2.04. The number of hydrazone groups is 1. The van der Waals surface area contributed by atoms with Crippen LogP contribution in [0, 0.1) is 13.8 Å². The largest absolute Gasteiger partial charge is 0.482 e. The van der Waals surface area contributed by atoms with Crippen LogP contribution < -0.4 is 10.2 Å². The van der Waals surface area contributed by atoms with Crippen LogP contribution >= 0.6 is 0 Å². The molecule has 0 atom stereocenters. The van der Waals surface area contributed by atoms with Crippen molar-refractivity contribution in [3.05, 3.63) is 65.1 Å². The predicted octanol–water partition coefficient (Wildman–Crippen LogP) is 2.27. The third-order valence-electron chi connectivity index (χ3n) is 4.00. The number of carbonyl (C=O) groups excluding carboxylic acids is 2. The van der Waals surface area contributed by atoms with E-state index in [4.69, 9.17) is 4.74 Å². The van der Waals surface area contributed by atoms with E-state index in [0.29, 0.717) is 22.8 Å². The normalized spacial score (nSPS) is 11.0. The van der Waals surface area contributed by atoms with Gasteiger partial charge in [-0.25, -0.2) is 15.2 Å². The lowest BCUT2D eigenvalue weighted by molar-refractivity contribution is -0.142. The first-order valence-corrected chi connectivity index (χ1v) is 8.56. The topological polar surface area (TPSA) is 94.3 Å². The van der Waals surface area contributed by atoms with Gasteiger partial charge in [0.15, 0.2) is 6.61 Å². The second-order valence-electron chi connectivity index (χ2n) is 6.11. The van der Waals surface area contributed by atoms with E-state index >= 15 is 0 Å². The smallest absolute Gasteiger partial charge is 0.343 e. The van der Waals surface area contributed by atoms with E-state index in [-0.39, 0.29) is 12.5 Å². The minimum atomic E-state index is -0.453. The molecule has 0 aliphatic rings. The SMILES string of the molecule is COC(=O)COc1ccc(/C=N\NC(=O)c2c(C)nc3ccc(C)cn23)cc1. The zero-order valence-electron chi connectivity index (χ0n) is 15.8. The van der Waals surface area contributed by atoms with Crippen LogP contribution in [0.25, 0.3) is 5.65 Å². The molecule has 2 aromatic heterocycles. The number of nitrogens with zero attached hydrogens (tertiary/aromatic N) is 3. The fourth-order valence-corrected chi connectivity index (χ4v) is 2.61. The van der Waals surface area contributed by atoms with Crippen LogP contribution in [0.5, 0.6) is 5.75 Å². The lowest BCUT2D eigenvalue weighted by atomic mass is 10.2. The van der Waals surface area contributed by atoms with Crippen LogP contribution in [0.1, 0.15) is 27.3 Å². The molecule has 0 aliphatic carbocycles. The summed E-state index contributed by atoms with van der Waals surface area (Å²) in [5, 5.41) is 4.00. The van der Waals surface area contributed by atoms with Gasteiger partial charge in [-0.15, -0.1) is 0 Å². The molecule has 144 valence electrons. The monoisotopic (exact) mass is 380 g/mol. The number of pyridine rings is 1. The molecule has 0 bridgehead atoms. The molecule has 0 saturated heterocycles. The number of hydrogen-bond acceptors (Lipinski definition) is 6. The minimum absolute atomic E-state index is 0.155. The van der Waals surface area contributed by atoms with Crippen LogP contribution in [0.4, 0.5) is 0 Å². The molecule has 28 heavy (non-hydrogen) atoms. The van der Waals surface area contributed by atoms with Crippen molar-refractivity contribution in [2.45, 2.75) is 13.8 Å². The van der Waals surface area contributed by atoms with Gasteiger partial charge in [-0.2, -0.15) is 5.10 Å². The fourth-order valence-electron chi connectivity index (χ4n) is 2.61. The molecule has 2 heterocycles. The van der Waals surface area contributed by atoms with Gasteiger partial charge in [-0.1, -0.05) is 6.07 Å². The minimum Gasteiger partial charge on any atom is -0.482 e. The second-order valence-corrected chi connectivity index (χ2v) is 6.11. The van der Waals surface area contributed by atoms with Gasteiger partial charge in [0.25, 0.3) is 5.91 Å². The molecule has 3 rings (SSSR count). The number of methoxy groups -OCH3 is 1. The number of nitrogens with one attached hydrogen (secondary N) is 1. The van der Waals surface area contributed by atoms with Gasteiger partial charge in [0.05, 0.1) is 19.0 Å². The number of aromatic nitrogens is 2. The number of imidazole rings is 1. The molecule has 1 aromatic carbocycles. The molecule has 0 saturated carbocycles. The van der Waals surface area contributed by atoms with Gasteiger partial charge >= 0.3 is 5.97 Å². The van der Waals surface area contributed by atoms with Crippen LogP contribution in [0.2, 0.25) is 0 Å². The van der Waals surface area contributed by atoms with Crippen molar-refractivity contribution in [2.75, 3.05) is 13.7 Å². The van der Waals surface area contributed by atoms with Gasteiger partial charge in [-0.3, -0.25) is 9.20 Å². The van der Waals surface area contributed by atoms with Gasteiger partial charge in [0.2, 0.25) is 0 Å². The molecular formula is C20H20N4O4. The van der Waals surface area contributed by atoms with Gasteiger partial charge < -0.3 is 9.47 Å². The molecule has 8 nitrogen and oxygen atoms in total. The molecule has 3 aromatic rings. The molecule has 1 amide bonds. The predicted molar refractivity (Wildman–Crippen MR) is 104 cm³/mol. The molecule has 0 spiro atoms. The summed E-state index contributed by atoms with van der Waals surface area (Å²) in [5.41, 5.74) is 6.10. The third kappa shape index (κ3) is 4.35. The van der Waals surface area contributed by atoms with E-state index in [0.717, 1.165) is 11.1 Å². The molecule has 0 radical (unpaired) electrons. The molecule has 0 fully saturated rings.